The standard InChI is InChI=1S/C9H18N2O2/c1-4-5-11(6-7-12)8-9(13)10(2)3/h7H,4-6,8H2,1-3H3. The van der Waals surface area contributed by atoms with Gasteiger partial charge in [-0.2, -0.15) is 0 Å². The maximum absolute atomic E-state index is 11.3. The lowest BCUT2D eigenvalue weighted by Gasteiger charge is -2.20. The molecule has 0 unspecified atom stereocenters. The fourth-order valence-electron chi connectivity index (χ4n) is 0.989. The van der Waals surface area contributed by atoms with Crippen molar-refractivity contribution in [3.05, 3.63) is 0 Å². The molecule has 0 bridgehead atoms. The average molecular weight is 186 g/mol. The smallest absolute Gasteiger partial charge is 0.236 e. The Morgan fingerprint density at radius 1 is 1.38 bits per heavy atom. The Bertz CT molecular complexity index is 169. The van der Waals surface area contributed by atoms with E-state index in [1.807, 2.05) is 11.8 Å². The fourth-order valence-corrected chi connectivity index (χ4v) is 0.989. The van der Waals surface area contributed by atoms with Gasteiger partial charge in [-0.15, -0.1) is 0 Å². The minimum absolute atomic E-state index is 0.0373. The number of hydrogen-bond acceptors (Lipinski definition) is 3. The molecule has 0 radical (unpaired) electrons. The number of carbonyl (C=O) groups excluding carboxylic acids is 2. The van der Waals surface area contributed by atoms with E-state index in [0.717, 1.165) is 19.3 Å². The van der Waals surface area contributed by atoms with Crippen molar-refractivity contribution in [3.63, 3.8) is 0 Å². The zero-order valence-electron chi connectivity index (χ0n) is 8.62. The molecule has 13 heavy (non-hydrogen) atoms. The van der Waals surface area contributed by atoms with E-state index in [1.54, 1.807) is 14.1 Å². The van der Waals surface area contributed by atoms with Gasteiger partial charge < -0.3 is 9.69 Å². The van der Waals surface area contributed by atoms with Crippen LogP contribution in [0.5, 0.6) is 0 Å². The molecule has 4 nitrogen and oxygen atoms in total. The number of amides is 1. The van der Waals surface area contributed by atoms with Gasteiger partial charge >= 0.3 is 0 Å². The highest BCUT2D eigenvalue weighted by Gasteiger charge is 2.10. The molecule has 0 aromatic heterocycles. The maximum Gasteiger partial charge on any atom is 0.236 e. The Morgan fingerprint density at radius 3 is 2.38 bits per heavy atom. The molecule has 0 fully saturated rings. The number of aldehydes is 1. The van der Waals surface area contributed by atoms with Crippen LogP contribution in [0.15, 0.2) is 0 Å². The van der Waals surface area contributed by atoms with E-state index < -0.39 is 0 Å². The second-order valence-corrected chi connectivity index (χ2v) is 3.19. The van der Waals surface area contributed by atoms with Gasteiger partial charge in [-0.25, -0.2) is 0 Å². The summed E-state index contributed by atoms with van der Waals surface area (Å²) in [6.07, 6.45) is 1.78. The Kier molecular flexibility index (Phi) is 6.14. The highest BCUT2D eigenvalue weighted by Crippen LogP contribution is 1.91. The first-order valence-electron chi connectivity index (χ1n) is 4.48. The first kappa shape index (κ1) is 12.1. The number of likely N-dealkylation sites (N-methyl/N-ethyl adjacent to an activating group) is 1. The van der Waals surface area contributed by atoms with Gasteiger partial charge in [0.15, 0.2) is 0 Å². The molecule has 0 aliphatic carbocycles. The lowest BCUT2D eigenvalue weighted by Crippen LogP contribution is -2.37. The first-order chi connectivity index (χ1) is 6.11. The Labute approximate surface area is 79.5 Å². The summed E-state index contributed by atoms with van der Waals surface area (Å²) >= 11 is 0. The summed E-state index contributed by atoms with van der Waals surface area (Å²) in [6, 6.07) is 0. The number of hydrogen-bond donors (Lipinski definition) is 0. The van der Waals surface area contributed by atoms with E-state index in [2.05, 4.69) is 0 Å². The number of rotatable bonds is 6. The summed E-state index contributed by atoms with van der Waals surface area (Å²) < 4.78 is 0. The van der Waals surface area contributed by atoms with Crippen molar-refractivity contribution < 1.29 is 9.59 Å². The van der Waals surface area contributed by atoms with Crippen molar-refractivity contribution in [2.45, 2.75) is 13.3 Å². The second-order valence-electron chi connectivity index (χ2n) is 3.19. The molecule has 0 heterocycles. The van der Waals surface area contributed by atoms with Crippen molar-refractivity contribution >= 4 is 12.2 Å². The zero-order chi connectivity index (χ0) is 10.3. The lowest BCUT2D eigenvalue weighted by molar-refractivity contribution is -0.130. The molecule has 0 saturated carbocycles. The van der Waals surface area contributed by atoms with Crippen LogP contribution in [0.1, 0.15) is 13.3 Å². The highest BCUT2D eigenvalue weighted by atomic mass is 16.2. The van der Waals surface area contributed by atoms with Crippen LogP contribution < -0.4 is 0 Å². The van der Waals surface area contributed by atoms with Crippen molar-refractivity contribution in [2.24, 2.45) is 0 Å². The summed E-state index contributed by atoms with van der Waals surface area (Å²) in [4.78, 5) is 24.9. The van der Waals surface area contributed by atoms with Gasteiger partial charge in [-0.3, -0.25) is 9.69 Å². The van der Waals surface area contributed by atoms with Gasteiger partial charge in [-0.05, 0) is 13.0 Å². The van der Waals surface area contributed by atoms with Crippen LogP contribution in [0.3, 0.4) is 0 Å². The number of carbonyl (C=O) groups is 2. The second kappa shape index (κ2) is 6.60. The fraction of sp³-hybridized carbons (Fsp3) is 0.778. The summed E-state index contributed by atoms with van der Waals surface area (Å²) in [5, 5.41) is 0. The first-order valence-corrected chi connectivity index (χ1v) is 4.48. The summed E-state index contributed by atoms with van der Waals surface area (Å²) in [6.45, 7) is 3.49. The Balaban J connectivity index is 3.92. The predicted molar refractivity (Wildman–Crippen MR) is 51.5 cm³/mol. The van der Waals surface area contributed by atoms with Crippen LogP contribution >= 0.6 is 0 Å². The van der Waals surface area contributed by atoms with Crippen LogP contribution in [-0.2, 0) is 9.59 Å². The molecular formula is C9H18N2O2. The van der Waals surface area contributed by atoms with Gasteiger partial charge in [0.1, 0.15) is 6.29 Å². The van der Waals surface area contributed by atoms with E-state index in [-0.39, 0.29) is 5.91 Å². The largest absolute Gasteiger partial charge is 0.348 e. The van der Waals surface area contributed by atoms with E-state index >= 15 is 0 Å². The third-order valence-corrected chi connectivity index (χ3v) is 1.73. The van der Waals surface area contributed by atoms with E-state index in [1.165, 1.54) is 4.90 Å². The molecule has 0 aromatic carbocycles. The lowest BCUT2D eigenvalue weighted by atomic mass is 10.4. The minimum atomic E-state index is 0.0373. The molecule has 0 rings (SSSR count). The van der Waals surface area contributed by atoms with Gasteiger partial charge in [0, 0.05) is 14.1 Å². The third kappa shape index (κ3) is 5.36. The van der Waals surface area contributed by atoms with Crippen LogP contribution in [0.2, 0.25) is 0 Å². The van der Waals surface area contributed by atoms with Crippen molar-refractivity contribution in [3.8, 4) is 0 Å². The van der Waals surface area contributed by atoms with Gasteiger partial charge in [0.25, 0.3) is 0 Å². The maximum atomic E-state index is 11.3. The van der Waals surface area contributed by atoms with Crippen LogP contribution in [0.4, 0.5) is 0 Å². The minimum Gasteiger partial charge on any atom is -0.348 e. The highest BCUT2D eigenvalue weighted by molar-refractivity contribution is 5.77. The van der Waals surface area contributed by atoms with Gasteiger partial charge in [-0.1, -0.05) is 6.92 Å². The summed E-state index contributed by atoms with van der Waals surface area (Å²) in [5.41, 5.74) is 0. The van der Waals surface area contributed by atoms with Crippen LogP contribution in [0, 0.1) is 0 Å². The molecular weight excluding hydrogens is 168 g/mol. The molecule has 0 N–H and O–H groups in total. The topological polar surface area (TPSA) is 40.6 Å². The Hall–Kier alpha value is -0.900. The van der Waals surface area contributed by atoms with E-state index in [9.17, 15) is 9.59 Å². The number of nitrogens with zero attached hydrogens (tertiary/aromatic N) is 2. The van der Waals surface area contributed by atoms with E-state index in [4.69, 9.17) is 0 Å². The average Bonchev–Trinajstić information content (AvgIpc) is 2.05. The molecule has 0 aromatic rings. The Morgan fingerprint density at radius 2 is 2.00 bits per heavy atom. The molecule has 76 valence electrons. The normalized spacial score (nSPS) is 10.2. The van der Waals surface area contributed by atoms with Crippen molar-refractivity contribution in [1.82, 2.24) is 9.80 Å². The zero-order valence-corrected chi connectivity index (χ0v) is 8.62. The molecule has 0 aliphatic rings. The summed E-state index contributed by atoms with van der Waals surface area (Å²) in [5.74, 6) is 0.0373. The van der Waals surface area contributed by atoms with Crippen molar-refractivity contribution in [1.29, 1.82) is 0 Å². The molecule has 0 saturated heterocycles. The van der Waals surface area contributed by atoms with Crippen LogP contribution in [-0.4, -0.2) is 55.7 Å². The summed E-state index contributed by atoms with van der Waals surface area (Å²) in [7, 11) is 3.43. The van der Waals surface area contributed by atoms with Crippen LogP contribution in [0.25, 0.3) is 0 Å². The molecule has 0 atom stereocenters. The monoisotopic (exact) mass is 186 g/mol. The predicted octanol–water partition coefficient (Wildman–Crippen LogP) is -0.0145. The SMILES string of the molecule is CCCN(CC=O)CC(=O)N(C)C. The van der Waals surface area contributed by atoms with Crippen molar-refractivity contribution in [2.75, 3.05) is 33.7 Å². The molecule has 1 amide bonds. The molecule has 0 spiro atoms. The third-order valence-electron chi connectivity index (χ3n) is 1.73. The van der Waals surface area contributed by atoms with Gasteiger partial charge in [0.2, 0.25) is 5.91 Å². The quantitative estimate of drug-likeness (QED) is 0.548. The van der Waals surface area contributed by atoms with E-state index in [0.29, 0.717) is 13.1 Å². The van der Waals surface area contributed by atoms with Gasteiger partial charge in [0.05, 0.1) is 13.1 Å². The molecule has 0 aliphatic heterocycles. The molecule has 4 heteroatoms.